The van der Waals surface area contributed by atoms with E-state index >= 15 is 0 Å². The number of aryl methyl sites for hydroxylation is 2. The molecule has 0 saturated heterocycles. The number of ether oxygens (including phenoxy) is 1. The third-order valence-corrected chi connectivity index (χ3v) is 1.71. The Morgan fingerprint density at radius 1 is 1.25 bits per heavy atom. The van der Waals surface area contributed by atoms with E-state index in [1.807, 2.05) is 39.0 Å². The molecule has 2 N–H and O–H groups in total. The van der Waals surface area contributed by atoms with Crippen LogP contribution in [0.3, 0.4) is 0 Å². The third kappa shape index (κ3) is 1.98. The Balaban J connectivity index is 2.96. The van der Waals surface area contributed by atoms with E-state index in [4.69, 9.17) is 10.5 Å². The topological polar surface area (TPSA) is 35.2 Å². The largest absolute Gasteiger partial charge is 0.475 e. The molecule has 0 aliphatic carbocycles. The van der Waals surface area contributed by atoms with Crippen LogP contribution in [0, 0.1) is 13.8 Å². The average molecular weight is 165 g/mol. The zero-order chi connectivity index (χ0) is 9.14. The smallest absolute Gasteiger partial charge is 0.144 e. The average Bonchev–Trinajstić information content (AvgIpc) is 1.97. The standard InChI is InChI=1S/C10H15NO/c1-7-5-4-6-8(2)10(7)12-9(3)11/h4-6,9H,11H2,1-3H3. The SMILES string of the molecule is Cc1cccc(C)c1OC(C)N. The van der Waals surface area contributed by atoms with Gasteiger partial charge in [0.1, 0.15) is 12.0 Å². The van der Waals surface area contributed by atoms with E-state index in [1.54, 1.807) is 0 Å². The summed E-state index contributed by atoms with van der Waals surface area (Å²) in [6.07, 6.45) is -0.246. The third-order valence-electron chi connectivity index (χ3n) is 1.71. The summed E-state index contributed by atoms with van der Waals surface area (Å²) >= 11 is 0. The Morgan fingerprint density at radius 2 is 1.75 bits per heavy atom. The summed E-state index contributed by atoms with van der Waals surface area (Å²) in [7, 11) is 0. The second-order valence-electron chi connectivity index (χ2n) is 3.04. The molecule has 1 atom stereocenters. The van der Waals surface area contributed by atoms with Crippen molar-refractivity contribution in [2.24, 2.45) is 5.73 Å². The van der Waals surface area contributed by atoms with E-state index in [0.717, 1.165) is 16.9 Å². The van der Waals surface area contributed by atoms with E-state index in [2.05, 4.69) is 0 Å². The van der Waals surface area contributed by atoms with Crippen LogP contribution in [0.4, 0.5) is 0 Å². The molecule has 0 fully saturated rings. The van der Waals surface area contributed by atoms with Gasteiger partial charge >= 0.3 is 0 Å². The molecule has 1 unspecified atom stereocenters. The van der Waals surface area contributed by atoms with E-state index in [0.29, 0.717) is 0 Å². The van der Waals surface area contributed by atoms with E-state index in [9.17, 15) is 0 Å². The van der Waals surface area contributed by atoms with Crippen LogP contribution in [0.15, 0.2) is 18.2 Å². The first-order valence-electron chi connectivity index (χ1n) is 4.09. The Labute approximate surface area is 73.3 Å². The van der Waals surface area contributed by atoms with E-state index in [1.165, 1.54) is 0 Å². The van der Waals surface area contributed by atoms with Crippen LogP contribution in [0.5, 0.6) is 5.75 Å². The summed E-state index contributed by atoms with van der Waals surface area (Å²) in [5.74, 6) is 0.910. The van der Waals surface area contributed by atoms with Crippen LogP contribution in [-0.4, -0.2) is 6.23 Å². The lowest BCUT2D eigenvalue weighted by molar-refractivity contribution is 0.227. The van der Waals surface area contributed by atoms with Crippen molar-refractivity contribution < 1.29 is 4.74 Å². The molecule has 1 rings (SSSR count). The number of para-hydroxylation sites is 1. The van der Waals surface area contributed by atoms with E-state index < -0.39 is 0 Å². The van der Waals surface area contributed by atoms with Crippen molar-refractivity contribution in [3.8, 4) is 5.75 Å². The van der Waals surface area contributed by atoms with Crippen LogP contribution in [0.1, 0.15) is 18.1 Å². The fourth-order valence-electron chi connectivity index (χ4n) is 1.17. The zero-order valence-corrected chi connectivity index (χ0v) is 7.79. The molecule has 0 spiro atoms. The van der Waals surface area contributed by atoms with Gasteiger partial charge in [-0.25, -0.2) is 0 Å². The molecule has 0 amide bonds. The van der Waals surface area contributed by atoms with Gasteiger partial charge in [0, 0.05) is 0 Å². The van der Waals surface area contributed by atoms with Crippen molar-refractivity contribution in [1.29, 1.82) is 0 Å². The molecule has 1 aromatic rings. The van der Waals surface area contributed by atoms with Crippen molar-refractivity contribution in [3.05, 3.63) is 29.3 Å². The van der Waals surface area contributed by atoms with Gasteiger partial charge in [0.25, 0.3) is 0 Å². The quantitative estimate of drug-likeness (QED) is 0.680. The summed E-state index contributed by atoms with van der Waals surface area (Å²) in [6, 6.07) is 6.05. The van der Waals surface area contributed by atoms with Gasteiger partial charge in [-0.2, -0.15) is 0 Å². The lowest BCUT2D eigenvalue weighted by atomic mass is 10.1. The van der Waals surface area contributed by atoms with Gasteiger partial charge in [-0.05, 0) is 31.9 Å². The first-order valence-corrected chi connectivity index (χ1v) is 4.09. The van der Waals surface area contributed by atoms with Crippen molar-refractivity contribution in [1.82, 2.24) is 0 Å². The van der Waals surface area contributed by atoms with Gasteiger partial charge in [-0.1, -0.05) is 18.2 Å². The first kappa shape index (κ1) is 9.07. The Hall–Kier alpha value is -1.02. The van der Waals surface area contributed by atoms with Crippen LogP contribution >= 0.6 is 0 Å². The van der Waals surface area contributed by atoms with Gasteiger partial charge in [0.15, 0.2) is 0 Å². The Kier molecular flexibility index (Phi) is 2.71. The Bertz CT molecular complexity index is 248. The second-order valence-corrected chi connectivity index (χ2v) is 3.04. The summed E-state index contributed by atoms with van der Waals surface area (Å²) in [5, 5.41) is 0. The molecule has 0 aromatic heterocycles. The minimum atomic E-state index is -0.246. The first-order chi connectivity index (χ1) is 5.61. The highest BCUT2D eigenvalue weighted by molar-refractivity contribution is 5.39. The van der Waals surface area contributed by atoms with Crippen LogP contribution in [0.2, 0.25) is 0 Å². The highest BCUT2D eigenvalue weighted by Gasteiger charge is 2.04. The number of benzene rings is 1. The molecule has 12 heavy (non-hydrogen) atoms. The Morgan fingerprint density at radius 3 is 2.17 bits per heavy atom. The lowest BCUT2D eigenvalue weighted by Crippen LogP contribution is -2.23. The van der Waals surface area contributed by atoms with Gasteiger partial charge in [0.2, 0.25) is 0 Å². The molecular formula is C10H15NO. The predicted octanol–water partition coefficient (Wildman–Crippen LogP) is 1.99. The zero-order valence-electron chi connectivity index (χ0n) is 7.79. The monoisotopic (exact) mass is 165 g/mol. The summed E-state index contributed by atoms with van der Waals surface area (Å²) in [5.41, 5.74) is 7.80. The number of hydrogen-bond donors (Lipinski definition) is 1. The summed E-state index contributed by atoms with van der Waals surface area (Å²) < 4.78 is 5.45. The maximum Gasteiger partial charge on any atom is 0.144 e. The fourth-order valence-corrected chi connectivity index (χ4v) is 1.17. The van der Waals surface area contributed by atoms with E-state index in [-0.39, 0.29) is 6.23 Å². The summed E-state index contributed by atoms with van der Waals surface area (Å²) in [4.78, 5) is 0. The molecule has 1 aromatic carbocycles. The molecular weight excluding hydrogens is 150 g/mol. The highest BCUT2D eigenvalue weighted by Crippen LogP contribution is 2.22. The predicted molar refractivity (Wildman–Crippen MR) is 50.2 cm³/mol. The van der Waals surface area contributed by atoms with Crippen molar-refractivity contribution in [3.63, 3.8) is 0 Å². The second kappa shape index (κ2) is 3.59. The maximum absolute atomic E-state index is 5.54. The highest BCUT2D eigenvalue weighted by atomic mass is 16.5. The minimum Gasteiger partial charge on any atom is -0.475 e. The van der Waals surface area contributed by atoms with Gasteiger partial charge in [0.05, 0.1) is 0 Å². The molecule has 0 aliphatic rings. The van der Waals surface area contributed by atoms with Gasteiger partial charge in [-0.3, -0.25) is 5.73 Å². The number of rotatable bonds is 2. The van der Waals surface area contributed by atoms with Crippen molar-refractivity contribution >= 4 is 0 Å². The fraction of sp³-hybridized carbons (Fsp3) is 0.400. The van der Waals surface area contributed by atoms with Crippen LogP contribution in [0.25, 0.3) is 0 Å². The van der Waals surface area contributed by atoms with Crippen molar-refractivity contribution in [2.45, 2.75) is 27.0 Å². The van der Waals surface area contributed by atoms with Crippen LogP contribution < -0.4 is 10.5 Å². The number of nitrogens with two attached hydrogens (primary N) is 1. The van der Waals surface area contributed by atoms with Gasteiger partial charge in [-0.15, -0.1) is 0 Å². The maximum atomic E-state index is 5.54. The lowest BCUT2D eigenvalue weighted by Gasteiger charge is -2.14. The van der Waals surface area contributed by atoms with Crippen molar-refractivity contribution in [2.75, 3.05) is 0 Å². The van der Waals surface area contributed by atoms with Crippen LogP contribution in [-0.2, 0) is 0 Å². The molecule has 66 valence electrons. The van der Waals surface area contributed by atoms with Gasteiger partial charge < -0.3 is 4.74 Å². The molecule has 0 radical (unpaired) electrons. The minimum absolute atomic E-state index is 0.246. The molecule has 0 bridgehead atoms. The molecule has 0 aliphatic heterocycles. The molecule has 0 saturated carbocycles. The summed E-state index contributed by atoms with van der Waals surface area (Å²) in [6.45, 7) is 5.86. The normalized spacial score (nSPS) is 12.7. The molecule has 2 nitrogen and oxygen atoms in total. The molecule has 0 heterocycles. The molecule has 2 heteroatoms. The number of hydrogen-bond acceptors (Lipinski definition) is 2.